The summed E-state index contributed by atoms with van der Waals surface area (Å²) in [5.41, 5.74) is 2.63. The lowest BCUT2D eigenvalue weighted by molar-refractivity contribution is 0.202. The first-order chi connectivity index (χ1) is 9.62. The Labute approximate surface area is 121 Å². The normalized spacial score (nSPS) is 19.6. The van der Waals surface area contributed by atoms with Gasteiger partial charge in [-0.2, -0.15) is 0 Å². The maximum Gasteiger partial charge on any atom is 0.134 e. The van der Waals surface area contributed by atoms with E-state index in [9.17, 15) is 0 Å². The van der Waals surface area contributed by atoms with Crippen LogP contribution in [0.25, 0.3) is 11.0 Å². The Morgan fingerprint density at radius 3 is 2.70 bits per heavy atom. The second kappa shape index (κ2) is 5.25. The first kappa shape index (κ1) is 13.7. The fourth-order valence-electron chi connectivity index (χ4n) is 3.69. The van der Waals surface area contributed by atoms with Gasteiger partial charge < -0.3 is 9.73 Å². The second-order valence-corrected chi connectivity index (χ2v) is 6.54. The lowest BCUT2D eigenvalue weighted by Crippen LogP contribution is -2.34. The van der Waals surface area contributed by atoms with Crippen LogP contribution >= 0.6 is 0 Å². The summed E-state index contributed by atoms with van der Waals surface area (Å²) in [6.45, 7) is 7.70. The summed E-state index contributed by atoms with van der Waals surface area (Å²) in [5.74, 6) is 1.11. The van der Waals surface area contributed by atoms with Crippen LogP contribution < -0.4 is 5.32 Å². The number of fused-ring (bicyclic) bond motifs is 1. The van der Waals surface area contributed by atoms with Crippen molar-refractivity contribution >= 4 is 11.0 Å². The Kier molecular flexibility index (Phi) is 3.59. The number of benzene rings is 1. The van der Waals surface area contributed by atoms with Gasteiger partial charge in [-0.25, -0.2) is 0 Å². The van der Waals surface area contributed by atoms with E-state index in [2.05, 4.69) is 50.4 Å². The average molecular weight is 271 g/mol. The summed E-state index contributed by atoms with van der Waals surface area (Å²) in [4.78, 5) is 0. The number of hydrogen-bond donors (Lipinski definition) is 1. The summed E-state index contributed by atoms with van der Waals surface area (Å²) in [6, 6.07) is 8.99. The van der Waals surface area contributed by atoms with Gasteiger partial charge in [0.1, 0.15) is 11.3 Å². The molecule has 0 spiro atoms. The van der Waals surface area contributed by atoms with Gasteiger partial charge in [-0.3, -0.25) is 0 Å². The Morgan fingerprint density at radius 2 is 2.00 bits per heavy atom. The van der Waals surface area contributed by atoms with Crippen molar-refractivity contribution in [3.8, 4) is 0 Å². The lowest BCUT2D eigenvalue weighted by Gasteiger charge is -2.33. The molecule has 3 rings (SSSR count). The zero-order valence-electron chi connectivity index (χ0n) is 12.8. The molecule has 1 saturated carbocycles. The first-order valence-electron chi connectivity index (χ1n) is 7.86. The molecule has 1 aromatic heterocycles. The standard InChI is InChI=1S/C18H25NO/c1-4-19-17(18(3)9-5-6-10-18)16-12-14-11-13(2)7-8-15(14)20-16/h7-8,11-12,17,19H,4-6,9-10H2,1-3H3. The molecule has 1 aromatic carbocycles. The van der Waals surface area contributed by atoms with E-state index in [1.807, 2.05) is 0 Å². The van der Waals surface area contributed by atoms with Gasteiger partial charge in [0.2, 0.25) is 0 Å². The summed E-state index contributed by atoms with van der Waals surface area (Å²) >= 11 is 0. The van der Waals surface area contributed by atoms with Gasteiger partial charge in [0.15, 0.2) is 0 Å². The van der Waals surface area contributed by atoms with E-state index in [0.29, 0.717) is 11.5 Å². The van der Waals surface area contributed by atoms with Crippen LogP contribution in [0.15, 0.2) is 28.7 Å². The summed E-state index contributed by atoms with van der Waals surface area (Å²) in [6.07, 6.45) is 5.27. The molecule has 1 fully saturated rings. The van der Waals surface area contributed by atoms with Crippen molar-refractivity contribution in [2.75, 3.05) is 6.54 Å². The molecule has 0 aliphatic heterocycles. The van der Waals surface area contributed by atoms with Crippen LogP contribution in [-0.4, -0.2) is 6.54 Å². The van der Waals surface area contributed by atoms with E-state index in [-0.39, 0.29) is 0 Å². The van der Waals surface area contributed by atoms with Crippen LogP contribution in [-0.2, 0) is 0 Å². The Balaban J connectivity index is 2.00. The molecule has 1 unspecified atom stereocenters. The topological polar surface area (TPSA) is 25.2 Å². The van der Waals surface area contributed by atoms with Crippen molar-refractivity contribution in [1.82, 2.24) is 5.32 Å². The van der Waals surface area contributed by atoms with Gasteiger partial charge in [-0.15, -0.1) is 0 Å². The van der Waals surface area contributed by atoms with Gasteiger partial charge in [-0.05, 0) is 49.9 Å². The highest BCUT2D eigenvalue weighted by molar-refractivity contribution is 5.78. The van der Waals surface area contributed by atoms with Gasteiger partial charge in [0, 0.05) is 5.39 Å². The van der Waals surface area contributed by atoms with Crippen molar-refractivity contribution in [2.45, 2.75) is 52.5 Å². The average Bonchev–Trinajstić information content (AvgIpc) is 3.02. The molecule has 0 saturated heterocycles. The maximum absolute atomic E-state index is 6.15. The summed E-state index contributed by atoms with van der Waals surface area (Å²) in [7, 11) is 0. The molecule has 1 aliphatic rings. The Morgan fingerprint density at radius 1 is 1.25 bits per heavy atom. The predicted octanol–water partition coefficient (Wildman–Crippen LogP) is 4.97. The number of rotatable bonds is 4. The minimum absolute atomic E-state index is 0.332. The van der Waals surface area contributed by atoms with Crippen LogP contribution in [0.3, 0.4) is 0 Å². The maximum atomic E-state index is 6.15. The molecule has 20 heavy (non-hydrogen) atoms. The lowest BCUT2D eigenvalue weighted by atomic mass is 9.79. The van der Waals surface area contributed by atoms with E-state index in [0.717, 1.165) is 17.9 Å². The van der Waals surface area contributed by atoms with Crippen LogP contribution in [0.5, 0.6) is 0 Å². The molecule has 1 aliphatic carbocycles. The highest BCUT2D eigenvalue weighted by Gasteiger charge is 2.39. The quantitative estimate of drug-likeness (QED) is 0.849. The molecule has 0 amide bonds. The van der Waals surface area contributed by atoms with Crippen LogP contribution in [0.1, 0.15) is 56.9 Å². The number of aryl methyl sites for hydroxylation is 1. The van der Waals surface area contributed by atoms with Crippen LogP contribution in [0, 0.1) is 12.3 Å². The van der Waals surface area contributed by atoms with E-state index < -0.39 is 0 Å². The van der Waals surface area contributed by atoms with Gasteiger partial charge in [0.05, 0.1) is 6.04 Å². The van der Waals surface area contributed by atoms with Crippen molar-refractivity contribution in [3.05, 3.63) is 35.6 Å². The van der Waals surface area contributed by atoms with E-state index in [4.69, 9.17) is 4.42 Å². The highest BCUT2D eigenvalue weighted by Crippen LogP contribution is 2.48. The van der Waals surface area contributed by atoms with Crippen molar-refractivity contribution < 1.29 is 4.42 Å². The SMILES string of the molecule is CCNC(c1cc2cc(C)ccc2o1)C1(C)CCCC1. The largest absolute Gasteiger partial charge is 0.459 e. The molecule has 2 nitrogen and oxygen atoms in total. The Hall–Kier alpha value is -1.28. The molecule has 0 bridgehead atoms. The molecule has 2 aromatic rings. The van der Waals surface area contributed by atoms with Gasteiger partial charge in [0.25, 0.3) is 0 Å². The molecular weight excluding hydrogens is 246 g/mol. The molecule has 2 heteroatoms. The first-order valence-corrected chi connectivity index (χ1v) is 7.86. The number of furan rings is 1. The molecular formula is C18H25NO. The molecule has 108 valence electrons. The molecule has 0 radical (unpaired) electrons. The van der Waals surface area contributed by atoms with Crippen LogP contribution in [0.2, 0.25) is 0 Å². The second-order valence-electron chi connectivity index (χ2n) is 6.54. The third kappa shape index (κ3) is 2.37. The monoisotopic (exact) mass is 271 g/mol. The predicted molar refractivity (Wildman–Crippen MR) is 83.9 cm³/mol. The van der Waals surface area contributed by atoms with Gasteiger partial charge in [-0.1, -0.05) is 38.3 Å². The van der Waals surface area contributed by atoms with E-state index >= 15 is 0 Å². The van der Waals surface area contributed by atoms with E-state index in [1.54, 1.807) is 0 Å². The fourth-order valence-corrected chi connectivity index (χ4v) is 3.69. The van der Waals surface area contributed by atoms with E-state index in [1.165, 1.54) is 36.6 Å². The number of hydrogen-bond acceptors (Lipinski definition) is 2. The fraction of sp³-hybridized carbons (Fsp3) is 0.556. The molecule has 1 N–H and O–H groups in total. The number of nitrogens with one attached hydrogen (secondary N) is 1. The molecule has 1 atom stereocenters. The minimum atomic E-state index is 0.332. The Bertz CT molecular complexity index is 592. The highest BCUT2D eigenvalue weighted by atomic mass is 16.3. The van der Waals surface area contributed by atoms with Crippen molar-refractivity contribution in [2.24, 2.45) is 5.41 Å². The van der Waals surface area contributed by atoms with Gasteiger partial charge >= 0.3 is 0 Å². The zero-order valence-corrected chi connectivity index (χ0v) is 12.8. The van der Waals surface area contributed by atoms with Crippen LogP contribution in [0.4, 0.5) is 0 Å². The third-order valence-electron chi connectivity index (χ3n) is 4.83. The smallest absolute Gasteiger partial charge is 0.134 e. The van der Waals surface area contributed by atoms with Crippen molar-refractivity contribution in [1.29, 1.82) is 0 Å². The minimum Gasteiger partial charge on any atom is -0.459 e. The molecule has 1 heterocycles. The third-order valence-corrected chi connectivity index (χ3v) is 4.83. The summed E-state index contributed by atoms with van der Waals surface area (Å²) in [5, 5.41) is 4.89. The van der Waals surface area contributed by atoms with Crippen molar-refractivity contribution in [3.63, 3.8) is 0 Å². The summed E-state index contributed by atoms with van der Waals surface area (Å²) < 4.78 is 6.15. The zero-order chi connectivity index (χ0) is 14.2.